The first-order valence-corrected chi connectivity index (χ1v) is 8.89. The summed E-state index contributed by atoms with van der Waals surface area (Å²) < 4.78 is 1.56. The Bertz CT molecular complexity index is 997. The Morgan fingerprint density at radius 3 is 2.78 bits per heavy atom. The van der Waals surface area contributed by atoms with Gasteiger partial charge >= 0.3 is 5.69 Å². The summed E-state index contributed by atoms with van der Waals surface area (Å²) in [6, 6.07) is 10.1. The Morgan fingerprint density at radius 2 is 2.07 bits per heavy atom. The highest BCUT2D eigenvalue weighted by Gasteiger charge is 2.07. The van der Waals surface area contributed by atoms with Crippen LogP contribution in [-0.2, 0) is 6.54 Å². The maximum Gasteiger partial charge on any atom is 0.354 e. The van der Waals surface area contributed by atoms with E-state index in [1.165, 1.54) is 0 Å². The van der Waals surface area contributed by atoms with Crippen molar-refractivity contribution >= 4 is 17.0 Å². The molecule has 0 fully saturated rings. The number of aromatic amines is 1. The molecule has 2 aromatic heterocycles. The van der Waals surface area contributed by atoms with Crippen molar-refractivity contribution in [1.82, 2.24) is 19.9 Å². The molecule has 0 aliphatic rings. The number of H-pyrrole nitrogens is 1. The highest BCUT2D eigenvalue weighted by molar-refractivity contribution is 5.76. The predicted molar refractivity (Wildman–Crippen MR) is 108 cm³/mol. The summed E-state index contributed by atoms with van der Waals surface area (Å²) in [4.78, 5) is 23.5. The second-order valence-corrected chi connectivity index (χ2v) is 6.69. The molecule has 0 radical (unpaired) electrons. The van der Waals surface area contributed by atoms with E-state index in [0.29, 0.717) is 18.2 Å². The van der Waals surface area contributed by atoms with Crippen molar-refractivity contribution < 1.29 is 0 Å². The van der Waals surface area contributed by atoms with E-state index >= 15 is 0 Å². The fourth-order valence-corrected chi connectivity index (χ4v) is 2.87. The van der Waals surface area contributed by atoms with Crippen LogP contribution in [0.1, 0.15) is 24.6 Å². The normalized spacial score (nSPS) is 12.2. The number of aryl methyl sites for hydroxylation is 1. The Kier molecular flexibility index (Phi) is 5.56. The molecule has 0 unspecified atom stereocenters. The zero-order valence-corrected chi connectivity index (χ0v) is 15.6. The molecule has 27 heavy (non-hydrogen) atoms. The number of rotatable bonds is 7. The minimum atomic E-state index is -0.302. The van der Waals surface area contributed by atoms with Gasteiger partial charge in [0.25, 0.3) is 0 Å². The molecule has 0 bridgehead atoms. The Balaban J connectivity index is 1.66. The van der Waals surface area contributed by atoms with Crippen molar-refractivity contribution in [3.8, 4) is 5.69 Å². The number of hydrogen-bond donors (Lipinski definition) is 4. The van der Waals surface area contributed by atoms with E-state index in [4.69, 9.17) is 11.5 Å². The van der Waals surface area contributed by atoms with E-state index in [9.17, 15) is 4.79 Å². The summed E-state index contributed by atoms with van der Waals surface area (Å²) in [5.41, 5.74) is 13.9. The van der Waals surface area contributed by atoms with Crippen LogP contribution in [0.5, 0.6) is 0 Å². The third kappa shape index (κ3) is 4.73. The molecule has 1 atom stereocenters. The third-order valence-corrected chi connectivity index (χ3v) is 4.37. The number of nitrogens with zero attached hydrogens (tertiary/aromatic N) is 3. The minimum absolute atomic E-state index is 0.121. The minimum Gasteiger partial charge on any atom is -0.370 e. The Labute approximate surface area is 157 Å². The molecule has 6 N–H and O–H groups in total. The SMILES string of the molecule is Cc1cc2cn(-c3ccc(CN[C@H](C)CCN=C(N)N)cc3)c(=O)nc2[nH]1. The van der Waals surface area contributed by atoms with E-state index in [1.807, 2.05) is 43.5 Å². The highest BCUT2D eigenvalue weighted by Crippen LogP contribution is 2.14. The smallest absolute Gasteiger partial charge is 0.354 e. The zero-order chi connectivity index (χ0) is 19.4. The van der Waals surface area contributed by atoms with Gasteiger partial charge in [-0.15, -0.1) is 0 Å². The third-order valence-electron chi connectivity index (χ3n) is 4.37. The van der Waals surface area contributed by atoms with Crippen molar-refractivity contribution in [3.63, 3.8) is 0 Å². The van der Waals surface area contributed by atoms with Crippen molar-refractivity contribution in [2.24, 2.45) is 16.5 Å². The quantitative estimate of drug-likeness (QED) is 0.368. The first-order valence-electron chi connectivity index (χ1n) is 8.89. The lowest BCUT2D eigenvalue weighted by atomic mass is 10.1. The molecule has 0 amide bonds. The molecule has 8 heteroatoms. The van der Waals surface area contributed by atoms with Gasteiger partial charge in [-0.2, -0.15) is 4.98 Å². The second kappa shape index (κ2) is 8.05. The van der Waals surface area contributed by atoms with Gasteiger partial charge in [0.2, 0.25) is 0 Å². The second-order valence-electron chi connectivity index (χ2n) is 6.69. The molecular weight excluding hydrogens is 342 g/mol. The fourth-order valence-electron chi connectivity index (χ4n) is 2.87. The summed E-state index contributed by atoms with van der Waals surface area (Å²) in [6.45, 7) is 5.37. The molecule has 3 aromatic rings. The molecule has 0 saturated heterocycles. The molecular formula is C19H25N7O. The zero-order valence-electron chi connectivity index (χ0n) is 15.6. The van der Waals surface area contributed by atoms with Crippen LogP contribution in [0.2, 0.25) is 0 Å². The van der Waals surface area contributed by atoms with Crippen LogP contribution in [-0.4, -0.2) is 33.1 Å². The first-order chi connectivity index (χ1) is 12.9. The first kappa shape index (κ1) is 18.7. The van der Waals surface area contributed by atoms with Crippen molar-refractivity contribution in [2.45, 2.75) is 32.9 Å². The number of benzene rings is 1. The summed E-state index contributed by atoms with van der Waals surface area (Å²) in [7, 11) is 0. The standard InChI is InChI=1S/C19H25N7O/c1-12(7-8-22-18(20)21)23-10-14-3-5-16(6-4-14)26-11-15-9-13(2)24-17(15)25-19(26)27/h3-6,9,11-12,23H,7-8,10H2,1-2H3,(H4,20,21,22)(H,24,25,27)/t12-/m1/s1. The van der Waals surface area contributed by atoms with Crippen LogP contribution in [0, 0.1) is 6.92 Å². The molecule has 142 valence electrons. The number of aromatic nitrogens is 3. The molecule has 0 spiro atoms. The molecule has 0 aliphatic carbocycles. The monoisotopic (exact) mass is 367 g/mol. The lowest BCUT2D eigenvalue weighted by Gasteiger charge is -2.13. The summed E-state index contributed by atoms with van der Waals surface area (Å²) in [6.07, 6.45) is 2.67. The number of guanidine groups is 1. The highest BCUT2D eigenvalue weighted by atomic mass is 16.1. The van der Waals surface area contributed by atoms with E-state index in [1.54, 1.807) is 4.57 Å². The Morgan fingerprint density at radius 1 is 1.33 bits per heavy atom. The molecule has 0 saturated carbocycles. The lowest BCUT2D eigenvalue weighted by molar-refractivity contribution is 0.520. The Hall–Kier alpha value is -3.13. The van der Waals surface area contributed by atoms with Crippen LogP contribution in [0.15, 0.2) is 46.3 Å². The summed E-state index contributed by atoms with van der Waals surface area (Å²) >= 11 is 0. The number of hydrogen-bond acceptors (Lipinski definition) is 4. The molecule has 8 nitrogen and oxygen atoms in total. The van der Waals surface area contributed by atoms with Crippen molar-refractivity contribution in [2.75, 3.05) is 6.54 Å². The van der Waals surface area contributed by atoms with Crippen molar-refractivity contribution in [1.29, 1.82) is 0 Å². The maximum atomic E-state index is 12.3. The van der Waals surface area contributed by atoms with Gasteiger partial charge in [-0.3, -0.25) is 9.56 Å². The van der Waals surface area contributed by atoms with Gasteiger partial charge in [-0.1, -0.05) is 12.1 Å². The van der Waals surface area contributed by atoms with Crippen LogP contribution in [0.3, 0.4) is 0 Å². The fraction of sp³-hybridized carbons (Fsp3) is 0.316. The molecule has 0 aliphatic heterocycles. The van der Waals surface area contributed by atoms with E-state index in [-0.39, 0.29) is 11.6 Å². The topological polar surface area (TPSA) is 127 Å². The number of nitrogens with two attached hydrogens (primary N) is 2. The van der Waals surface area contributed by atoms with E-state index in [2.05, 4.69) is 27.2 Å². The van der Waals surface area contributed by atoms with Gasteiger partial charge in [-0.25, -0.2) is 4.79 Å². The van der Waals surface area contributed by atoms with Gasteiger partial charge in [-0.05, 0) is 44.0 Å². The largest absolute Gasteiger partial charge is 0.370 e. The average Bonchev–Trinajstić information content (AvgIpc) is 2.98. The maximum absolute atomic E-state index is 12.3. The van der Waals surface area contributed by atoms with Crippen LogP contribution < -0.4 is 22.5 Å². The molecule has 1 aromatic carbocycles. The lowest BCUT2D eigenvalue weighted by Crippen LogP contribution is -2.27. The van der Waals surface area contributed by atoms with E-state index in [0.717, 1.165) is 35.3 Å². The summed E-state index contributed by atoms with van der Waals surface area (Å²) in [5.74, 6) is 0.121. The van der Waals surface area contributed by atoms with E-state index < -0.39 is 0 Å². The van der Waals surface area contributed by atoms with Gasteiger partial charge in [0, 0.05) is 36.4 Å². The van der Waals surface area contributed by atoms with Gasteiger partial charge in [0.05, 0.1) is 5.69 Å². The summed E-state index contributed by atoms with van der Waals surface area (Å²) in [5, 5.41) is 4.34. The predicted octanol–water partition coefficient (Wildman–Crippen LogP) is 1.16. The number of aliphatic imine (C=N–C) groups is 1. The number of fused-ring (bicyclic) bond motifs is 1. The van der Waals surface area contributed by atoms with Crippen LogP contribution >= 0.6 is 0 Å². The molecule has 3 rings (SSSR count). The van der Waals surface area contributed by atoms with Crippen molar-refractivity contribution in [3.05, 3.63) is 58.3 Å². The van der Waals surface area contributed by atoms with Gasteiger partial charge in [0.15, 0.2) is 5.96 Å². The van der Waals surface area contributed by atoms with Crippen LogP contribution in [0.25, 0.3) is 16.7 Å². The van der Waals surface area contributed by atoms with Gasteiger partial charge < -0.3 is 21.8 Å². The van der Waals surface area contributed by atoms with Crippen LogP contribution in [0.4, 0.5) is 0 Å². The van der Waals surface area contributed by atoms with Gasteiger partial charge in [0.1, 0.15) is 5.65 Å². The number of nitrogens with one attached hydrogen (secondary N) is 2. The molecule has 2 heterocycles. The average molecular weight is 367 g/mol.